The third-order valence-electron chi connectivity index (χ3n) is 3.65. The van der Waals surface area contributed by atoms with Gasteiger partial charge in [-0.3, -0.25) is 0 Å². The van der Waals surface area contributed by atoms with Gasteiger partial charge in [-0.25, -0.2) is 0 Å². The van der Waals surface area contributed by atoms with Crippen LogP contribution in [0.15, 0.2) is 0 Å². The van der Waals surface area contributed by atoms with E-state index in [-0.39, 0.29) is 0 Å². The van der Waals surface area contributed by atoms with E-state index < -0.39 is 0 Å². The summed E-state index contributed by atoms with van der Waals surface area (Å²) in [4.78, 5) is 0. The Hall–Kier alpha value is -0.0400. The molecule has 0 aliphatic heterocycles. The van der Waals surface area contributed by atoms with Crippen molar-refractivity contribution >= 4 is 0 Å². The van der Waals surface area contributed by atoms with Crippen molar-refractivity contribution in [2.75, 3.05) is 6.54 Å². The predicted molar refractivity (Wildman–Crippen MR) is 49.4 cm³/mol. The number of hydrogen-bond acceptors (Lipinski definition) is 1. The maximum atomic E-state index is 5.62. The molecule has 1 rings (SSSR count). The Bertz CT molecular complexity index is 116. The zero-order chi connectivity index (χ0) is 8.32. The summed E-state index contributed by atoms with van der Waals surface area (Å²) in [5, 5.41) is 0. The molecule has 0 aromatic carbocycles. The summed E-state index contributed by atoms with van der Waals surface area (Å²) in [6, 6.07) is 0. The van der Waals surface area contributed by atoms with E-state index in [1.807, 2.05) is 0 Å². The molecule has 1 heteroatoms. The normalized spacial score (nSPS) is 24.3. The SMILES string of the molecule is CCC(C)C1(CCN)CCC1. The van der Waals surface area contributed by atoms with Crippen LogP contribution < -0.4 is 5.73 Å². The summed E-state index contributed by atoms with van der Waals surface area (Å²) in [7, 11) is 0. The quantitative estimate of drug-likeness (QED) is 0.663. The van der Waals surface area contributed by atoms with Crippen LogP contribution in [0.25, 0.3) is 0 Å². The summed E-state index contributed by atoms with van der Waals surface area (Å²) < 4.78 is 0. The molecule has 0 bridgehead atoms. The van der Waals surface area contributed by atoms with E-state index in [1.165, 1.54) is 32.1 Å². The summed E-state index contributed by atoms with van der Waals surface area (Å²) in [6.45, 7) is 5.56. The summed E-state index contributed by atoms with van der Waals surface area (Å²) in [6.07, 6.45) is 6.87. The topological polar surface area (TPSA) is 26.0 Å². The Kier molecular flexibility index (Phi) is 2.94. The van der Waals surface area contributed by atoms with Gasteiger partial charge >= 0.3 is 0 Å². The second-order valence-electron chi connectivity index (χ2n) is 4.06. The monoisotopic (exact) mass is 155 g/mol. The van der Waals surface area contributed by atoms with Gasteiger partial charge in [-0.15, -0.1) is 0 Å². The van der Waals surface area contributed by atoms with Crippen molar-refractivity contribution in [3.63, 3.8) is 0 Å². The van der Waals surface area contributed by atoms with Crippen LogP contribution in [-0.4, -0.2) is 6.54 Å². The van der Waals surface area contributed by atoms with Crippen LogP contribution in [0.1, 0.15) is 46.0 Å². The average molecular weight is 155 g/mol. The van der Waals surface area contributed by atoms with Crippen LogP contribution in [0, 0.1) is 11.3 Å². The Morgan fingerprint density at radius 2 is 2.09 bits per heavy atom. The first-order valence-corrected chi connectivity index (χ1v) is 4.95. The molecule has 0 aromatic heterocycles. The van der Waals surface area contributed by atoms with E-state index in [4.69, 9.17) is 5.73 Å². The summed E-state index contributed by atoms with van der Waals surface area (Å²) >= 11 is 0. The van der Waals surface area contributed by atoms with Crippen molar-refractivity contribution in [2.45, 2.75) is 46.0 Å². The molecule has 0 amide bonds. The molecule has 1 unspecified atom stereocenters. The van der Waals surface area contributed by atoms with Crippen molar-refractivity contribution in [1.29, 1.82) is 0 Å². The van der Waals surface area contributed by atoms with Crippen LogP contribution in [0.4, 0.5) is 0 Å². The fourth-order valence-corrected chi connectivity index (χ4v) is 2.34. The van der Waals surface area contributed by atoms with Gasteiger partial charge in [-0.2, -0.15) is 0 Å². The van der Waals surface area contributed by atoms with Gasteiger partial charge in [0.2, 0.25) is 0 Å². The maximum absolute atomic E-state index is 5.62. The third-order valence-corrected chi connectivity index (χ3v) is 3.65. The van der Waals surface area contributed by atoms with E-state index in [0.29, 0.717) is 5.41 Å². The van der Waals surface area contributed by atoms with Gasteiger partial charge in [0.05, 0.1) is 0 Å². The Morgan fingerprint density at radius 1 is 1.45 bits per heavy atom. The van der Waals surface area contributed by atoms with Crippen LogP contribution in [0.2, 0.25) is 0 Å². The molecule has 66 valence electrons. The second kappa shape index (κ2) is 3.57. The molecule has 0 spiro atoms. The average Bonchev–Trinajstić information content (AvgIpc) is 1.95. The van der Waals surface area contributed by atoms with Crippen molar-refractivity contribution < 1.29 is 0 Å². The second-order valence-corrected chi connectivity index (χ2v) is 4.06. The molecular formula is C10H21N. The standard InChI is InChI=1S/C10H21N/c1-3-9(2)10(7-8-11)5-4-6-10/h9H,3-8,11H2,1-2H3. The molecule has 2 N–H and O–H groups in total. The largest absolute Gasteiger partial charge is 0.330 e. The van der Waals surface area contributed by atoms with Crippen molar-refractivity contribution in [1.82, 2.24) is 0 Å². The molecule has 1 saturated carbocycles. The fraction of sp³-hybridized carbons (Fsp3) is 1.00. The van der Waals surface area contributed by atoms with Gasteiger partial charge in [0.25, 0.3) is 0 Å². The molecular weight excluding hydrogens is 134 g/mol. The Morgan fingerprint density at radius 3 is 2.36 bits per heavy atom. The van der Waals surface area contributed by atoms with Crippen LogP contribution in [-0.2, 0) is 0 Å². The predicted octanol–water partition coefficient (Wildman–Crippen LogP) is 2.55. The minimum absolute atomic E-state index is 0.656. The van der Waals surface area contributed by atoms with E-state index in [0.717, 1.165) is 12.5 Å². The Balaban J connectivity index is 2.45. The molecule has 1 fully saturated rings. The highest BCUT2D eigenvalue weighted by molar-refractivity contribution is 4.91. The van der Waals surface area contributed by atoms with Crippen LogP contribution in [0.5, 0.6) is 0 Å². The zero-order valence-electron chi connectivity index (χ0n) is 7.90. The highest BCUT2D eigenvalue weighted by Gasteiger charge is 2.39. The van der Waals surface area contributed by atoms with E-state index in [1.54, 1.807) is 0 Å². The summed E-state index contributed by atoms with van der Waals surface area (Å²) in [5.41, 5.74) is 6.27. The van der Waals surface area contributed by atoms with Crippen molar-refractivity contribution in [2.24, 2.45) is 17.1 Å². The molecule has 0 radical (unpaired) electrons. The minimum atomic E-state index is 0.656. The fourth-order valence-electron chi connectivity index (χ4n) is 2.34. The van der Waals surface area contributed by atoms with Gasteiger partial charge in [0.1, 0.15) is 0 Å². The van der Waals surface area contributed by atoms with Crippen LogP contribution >= 0.6 is 0 Å². The van der Waals surface area contributed by atoms with E-state index in [2.05, 4.69) is 13.8 Å². The van der Waals surface area contributed by atoms with Crippen molar-refractivity contribution in [3.8, 4) is 0 Å². The van der Waals surface area contributed by atoms with Gasteiger partial charge in [0.15, 0.2) is 0 Å². The molecule has 0 heterocycles. The molecule has 1 atom stereocenters. The molecule has 1 aliphatic carbocycles. The first kappa shape index (κ1) is 9.05. The van der Waals surface area contributed by atoms with Gasteiger partial charge < -0.3 is 5.73 Å². The molecule has 1 nitrogen and oxygen atoms in total. The van der Waals surface area contributed by atoms with Crippen molar-refractivity contribution in [3.05, 3.63) is 0 Å². The maximum Gasteiger partial charge on any atom is -0.00719 e. The third kappa shape index (κ3) is 1.58. The van der Waals surface area contributed by atoms with E-state index in [9.17, 15) is 0 Å². The molecule has 0 aromatic rings. The highest BCUT2D eigenvalue weighted by Crippen LogP contribution is 2.50. The lowest BCUT2D eigenvalue weighted by molar-refractivity contribution is 0.0485. The lowest BCUT2D eigenvalue weighted by atomic mass is 9.59. The highest BCUT2D eigenvalue weighted by atomic mass is 14.6. The number of nitrogens with two attached hydrogens (primary N) is 1. The first-order chi connectivity index (χ1) is 5.25. The Labute approximate surface area is 70.4 Å². The smallest absolute Gasteiger partial charge is 0.00719 e. The lowest BCUT2D eigenvalue weighted by Gasteiger charge is -2.46. The van der Waals surface area contributed by atoms with E-state index >= 15 is 0 Å². The van der Waals surface area contributed by atoms with Crippen LogP contribution in [0.3, 0.4) is 0 Å². The molecule has 1 aliphatic rings. The van der Waals surface area contributed by atoms with Gasteiger partial charge in [-0.1, -0.05) is 26.7 Å². The molecule has 0 saturated heterocycles. The number of rotatable bonds is 4. The summed E-state index contributed by atoms with van der Waals surface area (Å²) in [5.74, 6) is 0.889. The lowest BCUT2D eigenvalue weighted by Crippen LogP contribution is -2.37. The molecule has 11 heavy (non-hydrogen) atoms. The van der Waals surface area contributed by atoms with Gasteiger partial charge in [0, 0.05) is 0 Å². The van der Waals surface area contributed by atoms with Gasteiger partial charge in [-0.05, 0) is 37.1 Å². The zero-order valence-corrected chi connectivity index (χ0v) is 7.90. The number of hydrogen-bond donors (Lipinski definition) is 1. The first-order valence-electron chi connectivity index (χ1n) is 4.95. The minimum Gasteiger partial charge on any atom is -0.330 e.